The van der Waals surface area contributed by atoms with Crippen molar-refractivity contribution in [3.63, 3.8) is 0 Å². The number of rotatable bonds is 3. The Kier molecular flexibility index (Phi) is 4.11. The standard InChI is InChI=1S/C12H17NO5/c1-12(2,3)6-7-18-11(17)13-8(10(15)16)4-5-9(13)14/h4-5,8H,6-7H2,1-3H3,(H,15,16)/t8-/m0/s1. The summed E-state index contributed by atoms with van der Waals surface area (Å²) < 4.78 is 4.92. The van der Waals surface area contributed by atoms with E-state index < -0.39 is 24.0 Å². The van der Waals surface area contributed by atoms with Gasteiger partial charge in [0.15, 0.2) is 6.04 Å². The lowest BCUT2D eigenvalue weighted by atomic mass is 9.93. The highest BCUT2D eigenvalue weighted by Gasteiger charge is 2.37. The van der Waals surface area contributed by atoms with Crippen molar-refractivity contribution in [1.29, 1.82) is 0 Å². The molecule has 6 nitrogen and oxygen atoms in total. The van der Waals surface area contributed by atoms with Crippen LogP contribution < -0.4 is 0 Å². The van der Waals surface area contributed by atoms with Crippen molar-refractivity contribution in [3.05, 3.63) is 12.2 Å². The highest BCUT2D eigenvalue weighted by Crippen LogP contribution is 2.19. The molecule has 1 heterocycles. The summed E-state index contributed by atoms with van der Waals surface area (Å²) in [6.07, 6.45) is 1.94. The lowest BCUT2D eigenvalue weighted by molar-refractivity contribution is -0.144. The first-order chi connectivity index (χ1) is 8.22. The third-order valence-electron chi connectivity index (χ3n) is 2.46. The fourth-order valence-electron chi connectivity index (χ4n) is 1.39. The first-order valence-electron chi connectivity index (χ1n) is 5.63. The molecule has 0 aromatic carbocycles. The van der Waals surface area contributed by atoms with Gasteiger partial charge in [-0.25, -0.2) is 14.5 Å². The van der Waals surface area contributed by atoms with Gasteiger partial charge in [-0.1, -0.05) is 20.8 Å². The van der Waals surface area contributed by atoms with Crippen LogP contribution in [0.1, 0.15) is 27.2 Å². The third kappa shape index (κ3) is 3.58. The van der Waals surface area contributed by atoms with Crippen molar-refractivity contribution in [2.45, 2.75) is 33.2 Å². The number of carbonyl (C=O) groups excluding carboxylic acids is 2. The number of imide groups is 1. The van der Waals surface area contributed by atoms with Crippen LogP contribution in [0.4, 0.5) is 4.79 Å². The zero-order valence-corrected chi connectivity index (χ0v) is 10.7. The molecule has 2 amide bonds. The van der Waals surface area contributed by atoms with Gasteiger partial charge in [0.2, 0.25) is 0 Å². The van der Waals surface area contributed by atoms with Crippen LogP contribution in [-0.2, 0) is 14.3 Å². The molecule has 0 aromatic rings. The average Bonchev–Trinajstić information content (AvgIpc) is 2.58. The van der Waals surface area contributed by atoms with Crippen LogP contribution in [0.25, 0.3) is 0 Å². The maximum Gasteiger partial charge on any atom is 0.417 e. The maximum atomic E-state index is 11.6. The maximum absolute atomic E-state index is 11.6. The van der Waals surface area contributed by atoms with E-state index in [1.54, 1.807) is 0 Å². The van der Waals surface area contributed by atoms with Crippen LogP contribution in [0, 0.1) is 5.41 Å². The van der Waals surface area contributed by atoms with Gasteiger partial charge in [-0.3, -0.25) is 4.79 Å². The van der Waals surface area contributed by atoms with E-state index in [-0.39, 0.29) is 12.0 Å². The highest BCUT2D eigenvalue weighted by molar-refractivity contribution is 6.05. The summed E-state index contributed by atoms with van der Waals surface area (Å²) in [4.78, 5) is 34.4. The van der Waals surface area contributed by atoms with E-state index >= 15 is 0 Å². The topological polar surface area (TPSA) is 83.9 Å². The van der Waals surface area contributed by atoms with Gasteiger partial charge in [0.1, 0.15) is 0 Å². The predicted molar refractivity (Wildman–Crippen MR) is 62.8 cm³/mol. The third-order valence-corrected chi connectivity index (χ3v) is 2.46. The SMILES string of the molecule is CC(C)(C)CCOC(=O)N1C(=O)C=C[C@H]1C(=O)O. The second-order valence-electron chi connectivity index (χ2n) is 5.28. The fourth-order valence-corrected chi connectivity index (χ4v) is 1.39. The molecule has 18 heavy (non-hydrogen) atoms. The van der Waals surface area contributed by atoms with E-state index in [2.05, 4.69) is 0 Å². The number of ether oxygens (including phenoxy) is 1. The molecule has 0 saturated carbocycles. The average molecular weight is 255 g/mol. The quantitative estimate of drug-likeness (QED) is 0.824. The molecule has 0 aliphatic carbocycles. The number of carboxylic acids is 1. The van der Waals surface area contributed by atoms with E-state index in [1.165, 1.54) is 0 Å². The molecular weight excluding hydrogens is 238 g/mol. The van der Waals surface area contributed by atoms with E-state index in [0.29, 0.717) is 11.3 Å². The molecule has 0 spiro atoms. The Morgan fingerprint density at radius 3 is 2.56 bits per heavy atom. The van der Waals surface area contributed by atoms with E-state index in [4.69, 9.17) is 9.84 Å². The molecule has 0 aromatic heterocycles. The molecule has 6 heteroatoms. The molecule has 1 rings (SSSR count). The summed E-state index contributed by atoms with van der Waals surface area (Å²) in [5.41, 5.74) is -0.000250. The lowest BCUT2D eigenvalue weighted by Crippen LogP contribution is -2.44. The minimum Gasteiger partial charge on any atom is -0.479 e. The fraction of sp³-hybridized carbons (Fsp3) is 0.583. The van der Waals surface area contributed by atoms with Crippen LogP contribution in [0.5, 0.6) is 0 Å². The van der Waals surface area contributed by atoms with Crippen LogP contribution >= 0.6 is 0 Å². The molecule has 1 N–H and O–H groups in total. The van der Waals surface area contributed by atoms with Crippen LogP contribution in [0.3, 0.4) is 0 Å². The number of amides is 2. The van der Waals surface area contributed by atoms with Crippen molar-refractivity contribution in [3.8, 4) is 0 Å². The minimum atomic E-state index is -1.26. The van der Waals surface area contributed by atoms with Gasteiger partial charge < -0.3 is 9.84 Å². The Morgan fingerprint density at radius 1 is 1.44 bits per heavy atom. The summed E-state index contributed by atoms with van der Waals surface area (Å²) >= 11 is 0. The first-order valence-corrected chi connectivity index (χ1v) is 5.63. The van der Waals surface area contributed by atoms with E-state index in [1.807, 2.05) is 20.8 Å². The molecule has 100 valence electrons. The van der Waals surface area contributed by atoms with Gasteiger partial charge in [-0.05, 0) is 17.9 Å². The number of hydrogen-bond donors (Lipinski definition) is 1. The molecule has 1 aliphatic heterocycles. The molecule has 0 radical (unpaired) electrons. The monoisotopic (exact) mass is 255 g/mol. The smallest absolute Gasteiger partial charge is 0.417 e. The van der Waals surface area contributed by atoms with Gasteiger partial charge in [-0.15, -0.1) is 0 Å². The summed E-state index contributed by atoms with van der Waals surface area (Å²) in [6, 6.07) is -1.26. The van der Waals surface area contributed by atoms with E-state index in [0.717, 1.165) is 12.2 Å². The molecule has 0 fully saturated rings. The van der Waals surface area contributed by atoms with Crippen LogP contribution in [0.2, 0.25) is 0 Å². The van der Waals surface area contributed by atoms with Gasteiger partial charge in [0.05, 0.1) is 6.61 Å². The summed E-state index contributed by atoms with van der Waals surface area (Å²) in [5.74, 6) is -1.92. The van der Waals surface area contributed by atoms with Gasteiger partial charge >= 0.3 is 12.1 Å². The molecule has 0 saturated heterocycles. The van der Waals surface area contributed by atoms with Crippen LogP contribution in [0.15, 0.2) is 12.2 Å². The minimum absolute atomic E-state index is 0.000250. The van der Waals surface area contributed by atoms with Gasteiger partial charge in [0.25, 0.3) is 5.91 Å². The Hall–Kier alpha value is -1.85. The Morgan fingerprint density at radius 2 is 2.06 bits per heavy atom. The van der Waals surface area contributed by atoms with Gasteiger partial charge in [-0.2, -0.15) is 0 Å². The number of hydrogen-bond acceptors (Lipinski definition) is 4. The van der Waals surface area contributed by atoms with Crippen molar-refractivity contribution in [2.75, 3.05) is 6.61 Å². The Balaban J connectivity index is 2.56. The van der Waals surface area contributed by atoms with Crippen molar-refractivity contribution in [2.24, 2.45) is 5.41 Å². The highest BCUT2D eigenvalue weighted by atomic mass is 16.6. The van der Waals surface area contributed by atoms with Crippen molar-refractivity contribution in [1.82, 2.24) is 4.90 Å². The van der Waals surface area contributed by atoms with Gasteiger partial charge in [0, 0.05) is 6.08 Å². The van der Waals surface area contributed by atoms with Crippen molar-refractivity contribution >= 4 is 18.0 Å². The number of nitrogens with zero attached hydrogens (tertiary/aromatic N) is 1. The number of carbonyl (C=O) groups is 3. The zero-order valence-electron chi connectivity index (χ0n) is 10.7. The summed E-state index contributed by atoms with van der Waals surface area (Å²) in [6.45, 7) is 6.12. The summed E-state index contributed by atoms with van der Waals surface area (Å²) in [5, 5.41) is 8.85. The normalized spacial score (nSPS) is 19.2. The van der Waals surface area contributed by atoms with Crippen molar-refractivity contribution < 1.29 is 24.2 Å². The molecular formula is C12H17NO5. The molecule has 1 aliphatic rings. The summed E-state index contributed by atoms with van der Waals surface area (Å²) in [7, 11) is 0. The lowest BCUT2D eigenvalue weighted by Gasteiger charge is -2.21. The molecule has 0 unspecified atom stereocenters. The zero-order chi connectivity index (χ0) is 13.9. The number of aliphatic carboxylic acids is 1. The largest absolute Gasteiger partial charge is 0.479 e. The van der Waals surface area contributed by atoms with E-state index in [9.17, 15) is 14.4 Å². The second kappa shape index (κ2) is 5.20. The second-order valence-corrected chi connectivity index (χ2v) is 5.28. The Labute approximate surface area is 105 Å². The number of carboxylic acid groups (broad SMARTS) is 1. The predicted octanol–water partition coefficient (Wildman–Crippen LogP) is 1.41. The molecule has 1 atom stereocenters. The first kappa shape index (κ1) is 14.2. The van der Waals surface area contributed by atoms with Crippen LogP contribution in [-0.4, -0.2) is 40.6 Å². The Bertz CT molecular complexity index is 394. The molecule has 0 bridgehead atoms.